The Morgan fingerprint density at radius 3 is 2.29 bits per heavy atom. The number of aliphatic carboxylic acids is 1. The van der Waals surface area contributed by atoms with Gasteiger partial charge in [-0.3, -0.25) is 4.90 Å². The number of imidazole rings is 1. The molecule has 11 heteroatoms. The van der Waals surface area contributed by atoms with E-state index in [2.05, 4.69) is 28.6 Å². The van der Waals surface area contributed by atoms with Crippen LogP contribution >= 0.6 is 0 Å². The molecule has 1 spiro atoms. The second-order valence-corrected chi connectivity index (χ2v) is 6.83. The van der Waals surface area contributed by atoms with E-state index in [1.807, 2.05) is 11.1 Å². The fraction of sp³-hybridized carbons (Fsp3) is 0.706. The molecule has 1 fully saturated rings. The number of carboxylic acids is 1. The lowest BCUT2D eigenvalue weighted by molar-refractivity contribution is -0.192. The van der Waals surface area contributed by atoms with Gasteiger partial charge in [0, 0.05) is 45.1 Å². The van der Waals surface area contributed by atoms with E-state index in [9.17, 15) is 18.0 Å². The van der Waals surface area contributed by atoms with E-state index in [0.29, 0.717) is 0 Å². The first-order chi connectivity index (χ1) is 13.1. The van der Waals surface area contributed by atoms with E-state index in [1.54, 1.807) is 7.05 Å². The summed E-state index contributed by atoms with van der Waals surface area (Å²) in [5.74, 6) is -1.56. The molecule has 8 nitrogen and oxygen atoms in total. The summed E-state index contributed by atoms with van der Waals surface area (Å²) in [6.07, 6.45) is -1.17. The molecule has 0 saturated carbocycles. The predicted octanol–water partition coefficient (Wildman–Crippen LogP) is 1.79. The molecule has 28 heavy (non-hydrogen) atoms. The minimum atomic E-state index is -5.08. The van der Waals surface area contributed by atoms with Crippen molar-refractivity contribution < 1.29 is 27.9 Å². The Labute approximate surface area is 161 Å². The van der Waals surface area contributed by atoms with Crippen molar-refractivity contribution in [3.8, 4) is 0 Å². The third-order valence-corrected chi connectivity index (χ3v) is 5.39. The number of aryl methyl sites for hydroxylation is 1. The van der Waals surface area contributed by atoms with Crippen molar-refractivity contribution in [1.29, 1.82) is 0 Å². The first kappa shape index (κ1) is 22.0. The highest BCUT2D eigenvalue weighted by atomic mass is 19.4. The molecule has 158 valence electrons. The van der Waals surface area contributed by atoms with Gasteiger partial charge >= 0.3 is 18.2 Å². The number of carbonyl (C=O) groups is 2. The van der Waals surface area contributed by atoms with E-state index in [-0.39, 0.29) is 11.6 Å². The molecule has 2 N–H and O–H groups in total. The van der Waals surface area contributed by atoms with E-state index < -0.39 is 12.1 Å². The summed E-state index contributed by atoms with van der Waals surface area (Å²) in [7, 11) is 1.70. The van der Waals surface area contributed by atoms with Crippen LogP contribution in [0.1, 0.15) is 31.3 Å². The van der Waals surface area contributed by atoms with Gasteiger partial charge in [0.2, 0.25) is 0 Å². The second-order valence-electron chi connectivity index (χ2n) is 6.83. The average Bonchev–Trinajstić information content (AvgIpc) is 3.04. The number of halogens is 3. The van der Waals surface area contributed by atoms with Gasteiger partial charge in [0.15, 0.2) is 0 Å². The number of alkyl halides is 3. The van der Waals surface area contributed by atoms with Crippen molar-refractivity contribution in [2.75, 3.05) is 33.2 Å². The van der Waals surface area contributed by atoms with Gasteiger partial charge in [0.25, 0.3) is 0 Å². The topological polar surface area (TPSA) is 90.7 Å². The van der Waals surface area contributed by atoms with Crippen molar-refractivity contribution in [2.45, 2.75) is 44.9 Å². The van der Waals surface area contributed by atoms with Crippen LogP contribution in [0, 0.1) is 6.92 Å². The highest BCUT2D eigenvalue weighted by Crippen LogP contribution is 2.40. The van der Waals surface area contributed by atoms with Crippen molar-refractivity contribution >= 4 is 12.0 Å². The summed E-state index contributed by atoms with van der Waals surface area (Å²) in [4.78, 5) is 29.9. The van der Waals surface area contributed by atoms with Gasteiger partial charge in [-0.2, -0.15) is 13.2 Å². The highest BCUT2D eigenvalue weighted by Gasteiger charge is 2.46. The van der Waals surface area contributed by atoms with Crippen LogP contribution in [0.25, 0.3) is 0 Å². The van der Waals surface area contributed by atoms with Crippen LogP contribution in [0.3, 0.4) is 0 Å². The summed E-state index contributed by atoms with van der Waals surface area (Å²) in [6.45, 7) is 9.07. The zero-order chi connectivity index (χ0) is 21.1. The van der Waals surface area contributed by atoms with Crippen molar-refractivity contribution in [2.24, 2.45) is 0 Å². The zero-order valence-corrected chi connectivity index (χ0v) is 16.2. The SMILES string of the molecule is CCN1CCn2c(C)cnc2C12CCN(C(=O)NC)CC2.O=C(O)C(F)(F)F. The molecule has 0 aliphatic carbocycles. The van der Waals surface area contributed by atoms with E-state index in [1.165, 1.54) is 11.5 Å². The number of fused-ring (bicyclic) bond motifs is 2. The summed E-state index contributed by atoms with van der Waals surface area (Å²) < 4.78 is 34.1. The molecular weight excluding hydrogens is 379 g/mol. The molecule has 3 heterocycles. The van der Waals surface area contributed by atoms with Crippen LogP contribution < -0.4 is 5.32 Å². The number of nitrogens with one attached hydrogen (secondary N) is 1. The van der Waals surface area contributed by atoms with Crippen LogP contribution in [0.5, 0.6) is 0 Å². The molecular formula is C17H26F3N5O3. The number of carbonyl (C=O) groups excluding carboxylic acids is 1. The normalized spacial score (nSPS) is 18.9. The Hall–Kier alpha value is -2.30. The zero-order valence-electron chi connectivity index (χ0n) is 16.2. The van der Waals surface area contributed by atoms with Crippen molar-refractivity contribution in [3.05, 3.63) is 17.7 Å². The fourth-order valence-corrected chi connectivity index (χ4v) is 3.93. The third-order valence-electron chi connectivity index (χ3n) is 5.39. The number of hydrogen-bond acceptors (Lipinski definition) is 4. The van der Waals surface area contributed by atoms with E-state index in [0.717, 1.165) is 45.6 Å². The number of nitrogens with zero attached hydrogens (tertiary/aromatic N) is 4. The molecule has 0 atom stereocenters. The predicted molar refractivity (Wildman–Crippen MR) is 94.8 cm³/mol. The third kappa shape index (κ3) is 4.23. The summed E-state index contributed by atoms with van der Waals surface area (Å²) >= 11 is 0. The fourth-order valence-electron chi connectivity index (χ4n) is 3.93. The van der Waals surface area contributed by atoms with Crippen molar-refractivity contribution in [3.63, 3.8) is 0 Å². The average molecular weight is 405 g/mol. The maximum atomic E-state index is 11.8. The number of hydrogen-bond donors (Lipinski definition) is 2. The van der Waals surface area contributed by atoms with Gasteiger partial charge in [-0.1, -0.05) is 6.92 Å². The molecule has 1 aromatic heterocycles. The maximum Gasteiger partial charge on any atom is 0.490 e. The summed E-state index contributed by atoms with van der Waals surface area (Å²) in [6, 6.07) is 0.0308. The Morgan fingerprint density at radius 1 is 1.25 bits per heavy atom. The first-order valence-corrected chi connectivity index (χ1v) is 9.11. The lowest BCUT2D eigenvalue weighted by Gasteiger charge is -2.50. The molecule has 3 rings (SSSR count). The number of aromatic nitrogens is 2. The Bertz CT molecular complexity index is 711. The minimum absolute atomic E-state index is 0.00574. The van der Waals surface area contributed by atoms with Gasteiger partial charge in [-0.05, 0) is 26.3 Å². The van der Waals surface area contributed by atoms with Gasteiger partial charge < -0.3 is 19.9 Å². The van der Waals surface area contributed by atoms with Crippen molar-refractivity contribution in [1.82, 2.24) is 24.7 Å². The highest BCUT2D eigenvalue weighted by molar-refractivity contribution is 5.74. The van der Waals surface area contributed by atoms with Crippen LogP contribution in [0.2, 0.25) is 0 Å². The number of likely N-dealkylation sites (N-methyl/N-ethyl adjacent to an activating group) is 1. The van der Waals surface area contributed by atoms with E-state index in [4.69, 9.17) is 14.9 Å². The second kappa shape index (κ2) is 8.38. The number of likely N-dealkylation sites (tertiary alicyclic amines) is 1. The summed E-state index contributed by atoms with van der Waals surface area (Å²) in [5, 5.41) is 9.85. The summed E-state index contributed by atoms with van der Waals surface area (Å²) in [5.41, 5.74) is 1.25. The standard InChI is InChI=1S/C15H25N5O.C2HF3O2/c1-4-19-9-10-20-12(2)11-17-13(20)15(19)5-7-18(8-6-15)14(21)16-3;3-2(4,5)1(6)7/h11H,4-10H2,1-3H3,(H,16,21);(H,6,7). The van der Waals surface area contributed by atoms with Gasteiger partial charge in [-0.25, -0.2) is 14.6 Å². The number of rotatable bonds is 1. The number of urea groups is 1. The van der Waals surface area contributed by atoms with Gasteiger partial charge in [0.1, 0.15) is 5.82 Å². The lowest BCUT2D eigenvalue weighted by Crippen LogP contribution is -2.59. The first-order valence-electron chi connectivity index (χ1n) is 9.11. The molecule has 1 aromatic rings. The smallest absolute Gasteiger partial charge is 0.475 e. The number of carboxylic acid groups (broad SMARTS) is 1. The van der Waals surface area contributed by atoms with Crippen LogP contribution in [0.15, 0.2) is 6.20 Å². The Morgan fingerprint density at radius 2 is 1.82 bits per heavy atom. The van der Waals surface area contributed by atoms with E-state index >= 15 is 0 Å². The molecule has 2 amide bonds. The molecule has 0 radical (unpaired) electrons. The lowest BCUT2D eigenvalue weighted by atomic mass is 9.83. The molecule has 2 aliphatic rings. The Balaban J connectivity index is 0.000000345. The van der Waals surface area contributed by atoms with Gasteiger partial charge in [-0.15, -0.1) is 0 Å². The molecule has 0 unspecified atom stereocenters. The van der Waals surface area contributed by atoms with Crippen LogP contribution in [-0.4, -0.2) is 75.9 Å². The monoisotopic (exact) mass is 405 g/mol. The maximum absolute atomic E-state index is 11.8. The Kier molecular flexibility index (Phi) is 6.58. The van der Waals surface area contributed by atoms with Crippen LogP contribution in [0.4, 0.5) is 18.0 Å². The number of amides is 2. The van der Waals surface area contributed by atoms with Gasteiger partial charge in [0.05, 0.1) is 5.54 Å². The molecule has 1 saturated heterocycles. The minimum Gasteiger partial charge on any atom is -0.475 e. The molecule has 0 aromatic carbocycles. The quantitative estimate of drug-likeness (QED) is 0.744. The molecule has 2 aliphatic heterocycles. The largest absolute Gasteiger partial charge is 0.490 e. The number of piperidine rings is 1. The van der Waals surface area contributed by atoms with Crippen LogP contribution in [-0.2, 0) is 16.9 Å². The molecule has 0 bridgehead atoms.